The van der Waals surface area contributed by atoms with Crippen molar-refractivity contribution in [3.05, 3.63) is 65.2 Å². The molecule has 0 unspecified atom stereocenters. The van der Waals surface area contributed by atoms with E-state index in [2.05, 4.69) is 4.40 Å². The van der Waals surface area contributed by atoms with Gasteiger partial charge in [0.1, 0.15) is 0 Å². The first kappa shape index (κ1) is 17.9. The van der Waals surface area contributed by atoms with Crippen LogP contribution in [0.3, 0.4) is 0 Å². The lowest BCUT2D eigenvalue weighted by Gasteiger charge is -2.17. The third-order valence-electron chi connectivity index (χ3n) is 3.70. The third kappa shape index (κ3) is 4.02. The summed E-state index contributed by atoms with van der Waals surface area (Å²) in [7, 11) is -7.88. The van der Waals surface area contributed by atoms with Crippen LogP contribution in [-0.4, -0.2) is 39.2 Å². The molecule has 1 fully saturated rings. The van der Waals surface area contributed by atoms with Crippen molar-refractivity contribution < 1.29 is 16.8 Å². The molecule has 0 atom stereocenters. The average molecular weight is 399 g/mol. The molecule has 3 rings (SSSR count). The Balaban J connectivity index is 1.98. The van der Waals surface area contributed by atoms with Crippen molar-refractivity contribution in [1.82, 2.24) is 4.90 Å². The summed E-state index contributed by atoms with van der Waals surface area (Å²) in [4.78, 5) is 1.36. The van der Waals surface area contributed by atoms with Crippen molar-refractivity contribution >= 4 is 36.6 Å². The maximum absolute atomic E-state index is 12.5. The van der Waals surface area contributed by atoms with Crippen LogP contribution in [0.5, 0.6) is 0 Å². The Kier molecular flexibility index (Phi) is 4.86. The highest BCUT2D eigenvalue weighted by Gasteiger charge is 2.35. The van der Waals surface area contributed by atoms with E-state index >= 15 is 0 Å². The van der Waals surface area contributed by atoms with Crippen LogP contribution in [0.2, 0.25) is 5.02 Å². The van der Waals surface area contributed by atoms with Crippen molar-refractivity contribution in [1.29, 1.82) is 0 Å². The van der Waals surface area contributed by atoms with Crippen LogP contribution in [0.4, 0.5) is 0 Å². The van der Waals surface area contributed by atoms with Crippen LogP contribution in [0.1, 0.15) is 5.56 Å². The van der Waals surface area contributed by atoms with Gasteiger partial charge in [0.2, 0.25) is 15.0 Å². The second-order valence-corrected chi connectivity index (χ2v) is 9.57. The lowest BCUT2D eigenvalue weighted by atomic mass is 10.2. The zero-order valence-electron chi connectivity index (χ0n) is 13.0. The summed E-state index contributed by atoms with van der Waals surface area (Å²) in [5.41, 5.74) is 0.871. The summed E-state index contributed by atoms with van der Waals surface area (Å²) in [5, 5.41) is -0.0305. The number of benzene rings is 2. The topological polar surface area (TPSA) is 83.9 Å². The number of sulfonamides is 1. The fourth-order valence-corrected chi connectivity index (χ4v) is 5.41. The average Bonchev–Trinajstić information content (AvgIpc) is 2.84. The van der Waals surface area contributed by atoms with Crippen LogP contribution in [0.15, 0.2) is 63.9 Å². The molecule has 0 radical (unpaired) electrons. The Morgan fingerprint density at radius 1 is 1.04 bits per heavy atom. The van der Waals surface area contributed by atoms with Gasteiger partial charge in [-0.25, -0.2) is 8.42 Å². The van der Waals surface area contributed by atoms with E-state index in [0.29, 0.717) is 5.02 Å². The zero-order chi connectivity index (χ0) is 18.1. The van der Waals surface area contributed by atoms with Crippen molar-refractivity contribution in [2.24, 2.45) is 4.40 Å². The summed E-state index contributed by atoms with van der Waals surface area (Å²) in [5.74, 6) is -0.158. The van der Waals surface area contributed by atoms with Crippen LogP contribution < -0.4 is 0 Å². The Labute approximate surface area is 151 Å². The normalized spacial score (nSPS) is 18.6. The molecule has 0 aliphatic carbocycles. The van der Waals surface area contributed by atoms with E-state index in [1.807, 2.05) is 30.3 Å². The van der Waals surface area contributed by atoms with Crippen LogP contribution >= 0.6 is 11.6 Å². The third-order valence-corrected chi connectivity index (χ3v) is 6.98. The predicted octanol–water partition coefficient (Wildman–Crippen LogP) is 2.32. The van der Waals surface area contributed by atoms with Crippen molar-refractivity contribution in [3.63, 3.8) is 0 Å². The second-order valence-electron chi connectivity index (χ2n) is 5.53. The molecule has 0 N–H and O–H groups in total. The van der Waals surface area contributed by atoms with E-state index in [1.165, 1.54) is 29.2 Å². The largest absolute Gasteiger partial charge is 0.341 e. The van der Waals surface area contributed by atoms with Gasteiger partial charge in [-0.15, -0.1) is 4.40 Å². The fraction of sp³-hybridized carbons (Fsp3) is 0.188. The first-order chi connectivity index (χ1) is 11.8. The number of rotatable bonds is 4. The number of sulfone groups is 1. The smallest absolute Gasteiger partial charge is 0.284 e. The Hall–Kier alpha value is -1.90. The molecule has 9 heteroatoms. The highest BCUT2D eigenvalue weighted by Crippen LogP contribution is 2.21. The minimum Gasteiger partial charge on any atom is -0.341 e. The van der Waals surface area contributed by atoms with E-state index in [9.17, 15) is 16.8 Å². The van der Waals surface area contributed by atoms with Gasteiger partial charge in [0.15, 0.2) is 0 Å². The fourth-order valence-electron chi connectivity index (χ4n) is 2.44. The quantitative estimate of drug-likeness (QED) is 0.789. The lowest BCUT2D eigenvalue weighted by Crippen LogP contribution is -2.28. The minimum atomic E-state index is -4.15. The van der Waals surface area contributed by atoms with Gasteiger partial charge in [-0.05, 0) is 29.8 Å². The van der Waals surface area contributed by atoms with E-state index in [-0.39, 0.29) is 23.7 Å². The second kappa shape index (κ2) is 6.78. The van der Waals surface area contributed by atoms with E-state index in [1.54, 1.807) is 0 Å². The lowest BCUT2D eigenvalue weighted by molar-refractivity contribution is 0.457. The molecule has 0 spiro atoms. The minimum absolute atomic E-state index is 0.105. The van der Waals surface area contributed by atoms with Crippen LogP contribution in [-0.2, 0) is 26.4 Å². The molecule has 6 nitrogen and oxygen atoms in total. The van der Waals surface area contributed by atoms with E-state index in [0.717, 1.165) is 5.56 Å². The molecule has 1 aliphatic rings. The molecule has 25 heavy (non-hydrogen) atoms. The van der Waals surface area contributed by atoms with Crippen LogP contribution in [0, 0.1) is 0 Å². The molecule has 1 aliphatic heterocycles. The van der Waals surface area contributed by atoms with Crippen LogP contribution in [0.25, 0.3) is 0 Å². The molecule has 1 saturated heterocycles. The first-order valence-electron chi connectivity index (χ1n) is 7.40. The summed E-state index contributed by atoms with van der Waals surface area (Å²) in [6.45, 7) is 0.473. The van der Waals surface area contributed by atoms with Crippen molar-refractivity contribution in [2.75, 3.05) is 12.3 Å². The van der Waals surface area contributed by atoms with Gasteiger partial charge in [0.25, 0.3) is 10.0 Å². The van der Waals surface area contributed by atoms with Gasteiger partial charge in [0, 0.05) is 18.1 Å². The molecular weight excluding hydrogens is 384 g/mol. The molecule has 132 valence electrons. The molecule has 1 heterocycles. The summed E-state index contributed by atoms with van der Waals surface area (Å²) in [6, 6.07) is 14.6. The van der Waals surface area contributed by atoms with Crippen molar-refractivity contribution in [3.8, 4) is 0 Å². The van der Waals surface area contributed by atoms with Gasteiger partial charge in [0.05, 0.1) is 10.6 Å². The summed E-state index contributed by atoms with van der Waals surface area (Å²) < 4.78 is 53.1. The Bertz CT molecular complexity index is 1000. The number of halogens is 1. The van der Waals surface area contributed by atoms with Gasteiger partial charge in [-0.1, -0.05) is 41.9 Å². The maximum atomic E-state index is 12.5. The number of amidine groups is 1. The molecule has 0 bridgehead atoms. The monoisotopic (exact) mass is 398 g/mol. The highest BCUT2D eigenvalue weighted by molar-refractivity contribution is 8.07. The van der Waals surface area contributed by atoms with Gasteiger partial charge in [-0.2, -0.15) is 8.42 Å². The standard InChI is InChI=1S/C16H15ClN2O4S2/c17-14-6-8-15(9-7-14)25(22,23)18-16-19(10-11-24(16,20)21)12-13-4-2-1-3-5-13/h1-9H,10-12H2/b18-16-. The van der Waals surface area contributed by atoms with Gasteiger partial charge < -0.3 is 4.90 Å². The van der Waals surface area contributed by atoms with Gasteiger partial charge >= 0.3 is 0 Å². The summed E-state index contributed by atoms with van der Waals surface area (Å²) >= 11 is 5.76. The SMILES string of the molecule is O=S1(=O)CCN(Cc2ccccc2)/C1=N/S(=O)(=O)c1ccc(Cl)cc1. The molecule has 2 aromatic rings. The molecular formula is C16H15ClN2O4S2. The number of nitrogens with zero attached hydrogens (tertiary/aromatic N) is 2. The molecule has 2 aromatic carbocycles. The maximum Gasteiger partial charge on any atom is 0.284 e. The molecule has 0 amide bonds. The predicted molar refractivity (Wildman–Crippen MR) is 96.7 cm³/mol. The Morgan fingerprint density at radius 3 is 2.32 bits per heavy atom. The summed E-state index contributed by atoms with van der Waals surface area (Å²) in [6.07, 6.45) is 0. The Morgan fingerprint density at radius 2 is 1.68 bits per heavy atom. The highest BCUT2D eigenvalue weighted by atomic mass is 35.5. The van der Waals surface area contributed by atoms with E-state index in [4.69, 9.17) is 11.6 Å². The van der Waals surface area contributed by atoms with Crippen molar-refractivity contribution in [2.45, 2.75) is 11.4 Å². The number of hydrogen-bond donors (Lipinski definition) is 0. The zero-order valence-corrected chi connectivity index (χ0v) is 15.4. The molecule has 0 aromatic heterocycles. The molecule has 0 saturated carbocycles. The first-order valence-corrected chi connectivity index (χ1v) is 10.9. The number of hydrogen-bond acceptors (Lipinski definition) is 4. The van der Waals surface area contributed by atoms with Gasteiger partial charge in [-0.3, -0.25) is 0 Å². The van der Waals surface area contributed by atoms with E-state index < -0.39 is 25.0 Å².